The first-order valence-corrected chi connectivity index (χ1v) is 6.77. The maximum absolute atomic E-state index is 10.7. The largest absolute Gasteiger partial charge is 0.376 e. The summed E-state index contributed by atoms with van der Waals surface area (Å²) in [6, 6.07) is 14.7. The highest BCUT2D eigenvalue weighted by molar-refractivity contribution is 5.89. The molecule has 1 aliphatic rings. The van der Waals surface area contributed by atoms with Gasteiger partial charge in [0.1, 0.15) is 0 Å². The van der Waals surface area contributed by atoms with Gasteiger partial charge in [0.25, 0.3) is 5.69 Å². The molecule has 1 atom stereocenters. The summed E-state index contributed by atoms with van der Waals surface area (Å²) in [6.07, 6.45) is 0.770. The van der Waals surface area contributed by atoms with Crippen molar-refractivity contribution in [2.75, 3.05) is 5.32 Å². The summed E-state index contributed by atoms with van der Waals surface area (Å²) in [4.78, 5) is 15.0. The Labute approximate surface area is 122 Å². The van der Waals surface area contributed by atoms with Gasteiger partial charge in [0.15, 0.2) is 0 Å². The van der Waals surface area contributed by atoms with Gasteiger partial charge in [-0.2, -0.15) is 0 Å². The summed E-state index contributed by atoms with van der Waals surface area (Å²) in [5.41, 5.74) is 4.08. The second-order valence-corrected chi connectivity index (χ2v) is 5.11. The minimum Gasteiger partial charge on any atom is -0.376 e. The minimum atomic E-state index is -0.383. The smallest absolute Gasteiger partial charge is 0.269 e. The van der Waals surface area contributed by atoms with Crippen molar-refractivity contribution in [3.8, 4) is 0 Å². The van der Waals surface area contributed by atoms with E-state index in [0.29, 0.717) is 0 Å². The molecule has 5 nitrogen and oxygen atoms in total. The topological polar surface area (TPSA) is 67.5 Å². The molecule has 0 saturated carbocycles. The molecule has 0 aliphatic carbocycles. The summed E-state index contributed by atoms with van der Waals surface area (Å²) in [5, 5.41) is 14.2. The van der Waals surface area contributed by atoms with Crippen molar-refractivity contribution >= 4 is 22.8 Å². The molecule has 2 aromatic rings. The van der Waals surface area contributed by atoms with Crippen LogP contribution in [0.25, 0.3) is 0 Å². The number of non-ortho nitro benzene ring substituents is 1. The first-order chi connectivity index (χ1) is 10.1. The van der Waals surface area contributed by atoms with Crippen molar-refractivity contribution in [3.05, 3.63) is 64.2 Å². The lowest BCUT2D eigenvalue weighted by Gasteiger charge is -2.18. The second-order valence-electron chi connectivity index (χ2n) is 5.11. The maximum Gasteiger partial charge on any atom is 0.269 e. The van der Waals surface area contributed by atoms with Crippen LogP contribution >= 0.6 is 0 Å². The standard InChI is InChI=1S/C16H15N3O2/c1-11-10-16(12-6-8-13(9-7-12)19(20)21)18-15-5-3-2-4-14(15)17-11/h2-9,16,18H,10H2,1H3/t16-/m1/s1. The lowest BCUT2D eigenvalue weighted by molar-refractivity contribution is -0.384. The van der Waals surface area contributed by atoms with Gasteiger partial charge in [0, 0.05) is 24.3 Å². The molecule has 0 bridgehead atoms. The number of fused-ring (bicyclic) bond motifs is 1. The van der Waals surface area contributed by atoms with Crippen LogP contribution in [0.3, 0.4) is 0 Å². The van der Waals surface area contributed by atoms with Crippen LogP contribution in [-0.2, 0) is 0 Å². The minimum absolute atomic E-state index is 0.0678. The number of hydrogen-bond donors (Lipinski definition) is 1. The number of para-hydroxylation sites is 2. The number of nitro benzene ring substituents is 1. The normalized spacial score (nSPS) is 17.2. The summed E-state index contributed by atoms with van der Waals surface area (Å²) in [6.45, 7) is 2.00. The van der Waals surface area contributed by atoms with Crippen LogP contribution in [0.5, 0.6) is 0 Å². The van der Waals surface area contributed by atoms with Gasteiger partial charge in [-0.25, -0.2) is 0 Å². The Hall–Kier alpha value is -2.69. The van der Waals surface area contributed by atoms with E-state index in [1.807, 2.05) is 31.2 Å². The third-order valence-corrected chi connectivity index (χ3v) is 3.55. The quantitative estimate of drug-likeness (QED) is 0.661. The van der Waals surface area contributed by atoms with Gasteiger partial charge in [-0.15, -0.1) is 0 Å². The zero-order valence-electron chi connectivity index (χ0n) is 11.6. The molecule has 0 unspecified atom stereocenters. The van der Waals surface area contributed by atoms with Crippen molar-refractivity contribution in [1.29, 1.82) is 0 Å². The van der Waals surface area contributed by atoms with Gasteiger partial charge in [-0.3, -0.25) is 15.1 Å². The average molecular weight is 281 g/mol. The fourth-order valence-corrected chi connectivity index (χ4v) is 2.51. The lowest BCUT2D eigenvalue weighted by Crippen LogP contribution is -2.12. The zero-order chi connectivity index (χ0) is 14.8. The third-order valence-electron chi connectivity index (χ3n) is 3.55. The number of nitrogens with zero attached hydrogens (tertiary/aromatic N) is 2. The Morgan fingerprint density at radius 2 is 1.90 bits per heavy atom. The predicted octanol–water partition coefficient (Wildman–Crippen LogP) is 4.24. The molecule has 5 heteroatoms. The summed E-state index contributed by atoms with van der Waals surface area (Å²) < 4.78 is 0. The monoisotopic (exact) mass is 281 g/mol. The maximum atomic E-state index is 10.7. The SMILES string of the molecule is CC1=Nc2ccccc2N[C@@H](c2ccc([N+](=O)[O-])cc2)C1. The molecule has 0 fully saturated rings. The predicted molar refractivity (Wildman–Crippen MR) is 83.3 cm³/mol. The highest BCUT2D eigenvalue weighted by Gasteiger charge is 2.18. The third kappa shape index (κ3) is 2.76. The van der Waals surface area contributed by atoms with E-state index in [1.165, 1.54) is 0 Å². The van der Waals surface area contributed by atoms with Crippen LogP contribution in [0, 0.1) is 10.1 Å². The van der Waals surface area contributed by atoms with E-state index in [4.69, 9.17) is 0 Å². The molecule has 0 saturated heterocycles. The molecule has 0 aromatic heterocycles. The van der Waals surface area contributed by atoms with Crippen LogP contribution in [0.15, 0.2) is 53.5 Å². The number of hydrogen-bond acceptors (Lipinski definition) is 4. The number of aliphatic imine (C=N–C) groups is 1. The molecule has 106 valence electrons. The van der Waals surface area contributed by atoms with E-state index in [9.17, 15) is 10.1 Å². The highest BCUT2D eigenvalue weighted by Crippen LogP contribution is 2.34. The average Bonchev–Trinajstić information content (AvgIpc) is 2.65. The van der Waals surface area contributed by atoms with Gasteiger partial charge < -0.3 is 5.32 Å². The van der Waals surface area contributed by atoms with Crippen molar-refractivity contribution in [2.24, 2.45) is 4.99 Å². The van der Waals surface area contributed by atoms with Crippen molar-refractivity contribution < 1.29 is 4.92 Å². The van der Waals surface area contributed by atoms with E-state index in [-0.39, 0.29) is 16.7 Å². The first-order valence-electron chi connectivity index (χ1n) is 6.77. The van der Waals surface area contributed by atoms with E-state index in [2.05, 4.69) is 10.3 Å². The molecule has 21 heavy (non-hydrogen) atoms. The van der Waals surface area contributed by atoms with E-state index < -0.39 is 0 Å². The van der Waals surface area contributed by atoms with Gasteiger partial charge in [-0.05, 0) is 24.6 Å². The molecule has 0 radical (unpaired) electrons. The van der Waals surface area contributed by atoms with Crippen molar-refractivity contribution in [1.82, 2.24) is 0 Å². The molecule has 3 rings (SSSR count). The Morgan fingerprint density at radius 3 is 2.62 bits per heavy atom. The summed E-state index contributed by atoms with van der Waals surface area (Å²) >= 11 is 0. The number of benzene rings is 2. The van der Waals surface area contributed by atoms with Crippen LogP contribution < -0.4 is 5.32 Å². The Bertz CT molecular complexity index is 708. The molecule has 2 aromatic carbocycles. The zero-order valence-corrected chi connectivity index (χ0v) is 11.6. The molecule has 1 aliphatic heterocycles. The Morgan fingerprint density at radius 1 is 1.19 bits per heavy atom. The van der Waals surface area contributed by atoms with Gasteiger partial charge in [0.2, 0.25) is 0 Å². The molecule has 1 N–H and O–H groups in total. The van der Waals surface area contributed by atoms with Crippen LogP contribution in [0.2, 0.25) is 0 Å². The Kier molecular flexibility index (Phi) is 3.39. The van der Waals surface area contributed by atoms with Gasteiger partial charge in [0.05, 0.1) is 22.3 Å². The molecular formula is C16H15N3O2. The number of rotatable bonds is 2. The Balaban J connectivity index is 1.93. The molecular weight excluding hydrogens is 266 g/mol. The molecule has 1 heterocycles. The van der Waals surface area contributed by atoms with Crippen molar-refractivity contribution in [3.63, 3.8) is 0 Å². The van der Waals surface area contributed by atoms with Gasteiger partial charge >= 0.3 is 0 Å². The number of nitro groups is 1. The lowest BCUT2D eigenvalue weighted by atomic mass is 10.0. The number of anilines is 1. The van der Waals surface area contributed by atoms with Crippen molar-refractivity contribution in [2.45, 2.75) is 19.4 Å². The molecule has 0 amide bonds. The van der Waals surface area contributed by atoms with Crippen LogP contribution in [0.1, 0.15) is 24.9 Å². The van der Waals surface area contributed by atoms with Gasteiger partial charge in [-0.1, -0.05) is 24.3 Å². The fraction of sp³-hybridized carbons (Fsp3) is 0.188. The van der Waals surface area contributed by atoms with E-state index >= 15 is 0 Å². The highest BCUT2D eigenvalue weighted by atomic mass is 16.6. The second kappa shape index (κ2) is 5.36. The summed E-state index contributed by atoms with van der Waals surface area (Å²) in [5.74, 6) is 0. The van der Waals surface area contributed by atoms with Crippen LogP contribution in [-0.4, -0.2) is 10.6 Å². The summed E-state index contributed by atoms with van der Waals surface area (Å²) in [7, 11) is 0. The van der Waals surface area contributed by atoms with E-state index in [0.717, 1.165) is 29.1 Å². The van der Waals surface area contributed by atoms with E-state index in [1.54, 1.807) is 24.3 Å². The fourth-order valence-electron chi connectivity index (χ4n) is 2.51. The molecule has 0 spiro atoms. The first kappa shape index (κ1) is 13.3. The number of nitrogens with one attached hydrogen (secondary N) is 1. The van der Waals surface area contributed by atoms with Crippen LogP contribution in [0.4, 0.5) is 17.1 Å².